The van der Waals surface area contributed by atoms with Crippen molar-refractivity contribution in [3.8, 4) is 0 Å². The Morgan fingerprint density at radius 1 is 1.45 bits per heavy atom. The SMILES string of the molecule is C=C1C(N)=CC=C(C)C1=NC. The van der Waals surface area contributed by atoms with Crippen LogP contribution in [-0.2, 0) is 0 Å². The lowest BCUT2D eigenvalue weighted by molar-refractivity contribution is 1.31. The summed E-state index contributed by atoms with van der Waals surface area (Å²) in [5.41, 5.74) is 9.20. The zero-order valence-electron chi connectivity index (χ0n) is 6.89. The van der Waals surface area contributed by atoms with Gasteiger partial charge in [-0.3, -0.25) is 4.99 Å². The Kier molecular flexibility index (Phi) is 1.94. The molecule has 0 saturated heterocycles. The lowest BCUT2D eigenvalue weighted by Crippen LogP contribution is -2.14. The van der Waals surface area contributed by atoms with Crippen molar-refractivity contribution in [3.05, 3.63) is 35.6 Å². The largest absolute Gasteiger partial charge is 0.398 e. The summed E-state index contributed by atoms with van der Waals surface area (Å²) < 4.78 is 0. The van der Waals surface area contributed by atoms with Crippen molar-refractivity contribution >= 4 is 5.71 Å². The van der Waals surface area contributed by atoms with Crippen molar-refractivity contribution in [2.75, 3.05) is 7.05 Å². The molecule has 2 nitrogen and oxygen atoms in total. The Labute approximate surface area is 66.8 Å². The van der Waals surface area contributed by atoms with E-state index >= 15 is 0 Å². The second-order valence-corrected chi connectivity index (χ2v) is 2.52. The minimum Gasteiger partial charge on any atom is -0.398 e. The van der Waals surface area contributed by atoms with Gasteiger partial charge in [-0.15, -0.1) is 0 Å². The topological polar surface area (TPSA) is 38.4 Å². The third-order valence-corrected chi connectivity index (χ3v) is 1.74. The summed E-state index contributed by atoms with van der Waals surface area (Å²) in [5.74, 6) is 0. The van der Waals surface area contributed by atoms with Crippen molar-refractivity contribution in [2.24, 2.45) is 10.7 Å². The highest BCUT2D eigenvalue weighted by Gasteiger charge is 2.11. The molecule has 0 heterocycles. The van der Waals surface area contributed by atoms with Gasteiger partial charge in [0.2, 0.25) is 0 Å². The van der Waals surface area contributed by atoms with Gasteiger partial charge >= 0.3 is 0 Å². The number of allylic oxidation sites excluding steroid dienone is 4. The van der Waals surface area contributed by atoms with Crippen LogP contribution >= 0.6 is 0 Å². The van der Waals surface area contributed by atoms with Gasteiger partial charge in [0.15, 0.2) is 0 Å². The minimum atomic E-state index is 0.705. The lowest BCUT2D eigenvalue weighted by atomic mass is 9.97. The van der Waals surface area contributed by atoms with Crippen LogP contribution < -0.4 is 5.73 Å². The van der Waals surface area contributed by atoms with Crippen molar-refractivity contribution < 1.29 is 0 Å². The van der Waals surface area contributed by atoms with Crippen molar-refractivity contribution in [1.82, 2.24) is 0 Å². The number of rotatable bonds is 0. The maximum atomic E-state index is 5.64. The summed E-state index contributed by atoms with van der Waals surface area (Å²) in [7, 11) is 1.75. The van der Waals surface area contributed by atoms with Gasteiger partial charge in [-0.2, -0.15) is 0 Å². The number of nitrogens with two attached hydrogens (primary N) is 1. The van der Waals surface area contributed by atoms with E-state index in [0.29, 0.717) is 5.70 Å². The van der Waals surface area contributed by atoms with Gasteiger partial charge in [-0.25, -0.2) is 0 Å². The van der Waals surface area contributed by atoms with E-state index in [2.05, 4.69) is 11.6 Å². The summed E-state index contributed by atoms with van der Waals surface area (Å²) in [4.78, 5) is 4.09. The first kappa shape index (κ1) is 7.79. The number of nitrogens with zero attached hydrogens (tertiary/aromatic N) is 1. The van der Waals surface area contributed by atoms with E-state index in [9.17, 15) is 0 Å². The zero-order chi connectivity index (χ0) is 8.43. The highest BCUT2D eigenvalue weighted by Crippen LogP contribution is 2.16. The first-order chi connectivity index (χ1) is 5.16. The van der Waals surface area contributed by atoms with Gasteiger partial charge < -0.3 is 5.73 Å². The summed E-state index contributed by atoms with van der Waals surface area (Å²) in [6.07, 6.45) is 3.80. The summed E-state index contributed by atoms with van der Waals surface area (Å²) >= 11 is 0. The standard InChI is InChI=1S/C9H12N2/c1-6-4-5-8(10)7(2)9(6)11-3/h4-5H,2,10H2,1,3H3. The van der Waals surface area contributed by atoms with Gasteiger partial charge in [0.1, 0.15) is 0 Å². The summed E-state index contributed by atoms with van der Waals surface area (Å²) in [5, 5.41) is 0. The van der Waals surface area contributed by atoms with Crippen LogP contribution in [0.4, 0.5) is 0 Å². The van der Waals surface area contributed by atoms with E-state index in [1.807, 2.05) is 19.1 Å². The summed E-state index contributed by atoms with van der Waals surface area (Å²) in [6, 6.07) is 0. The molecule has 1 aliphatic rings. The Bertz CT molecular complexity index is 276. The molecule has 2 heteroatoms. The van der Waals surface area contributed by atoms with Gasteiger partial charge in [0, 0.05) is 18.3 Å². The zero-order valence-corrected chi connectivity index (χ0v) is 6.89. The fourth-order valence-electron chi connectivity index (χ4n) is 1.08. The molecule has 0 bridgehead atoms. The van der Waals surface area contributed by atoms with Crippen molar-refractivity contribution in [3.63, 3.8) is 0 Å². The van der Waals surface area contributed by atoms with Gasteiger partial charge in [0.25, 0.3) is 0 Å². The van der Waals surface area contributed by atoms with Crippen LogP contribution in [-0.4, -0.2) is 12.8 Å². The molecule has 58 valence electrons. The van der Waals surface area contributed by atoms with Crippen LogP contribution in [0.15, 0.2) is 40.6 Å². The Morgan fingerprint density at radius 2 is 2.09 bits per heavy atom. The quantitative estimate of drug-likeness (QED) is 0.554. The van der Waals surface area contributed by atoms with Crippen LogP contribution in [0.5, 0.6) is 0 Å². The lowest BCUT2D eigenvalue weighted by Gasteiger charge is -2.13. The molecule has 0 spiro atoms. The predicted molar refractivity (Wildman–Crippen MR) is 48.5 cm³/mol. The molecule has 0 aliphatic heterocycles. The first-order valence-electron chi connectivity index (χ1n) is 3.47. The first-order valence-corrected chi connectivity index (χ1v) is 3.47. The molecule has 0 amide bonds. The molecule has 1 rings (SSSR count). The van der Waals surface area contributed by atoms with E-state index < -0.39 is 0 Å². The maximum absolute atomic E-state index is 5.64. The molecule has 1 aliphatic carbocycles. The molecule has 2 N–H and O–H groups in total. The predicted octanol–water partition coefficient (Wildman–Crippen LogP) is 1.42. The highest BCUT2D eigenvalue weighted by atomic mass is 14.7. The second-order valence-electron chi connectivity index (χ2n) is 2.52. The average Bonchev–Trinajstić information content (AvgIpc) is 1.99. The molecule has 0 radical (unpaired) electrons. The van der Waals surface area contributed by atoms with Gasteiger partial charge in [0.05, 0.1) is 5.71 Å². The van der Waals surface area contributed by atoms with Crippen molar-refractivity contribution in [2.45, 2.75) is 6.92 Å². The fourth-order valence-corrected chi connectivity index (χ4v) is 1.08. The van der Waals surface area contributed by atoms with E-state index in [0.717, 1.165) is 16.9 Å². The van der Waals surface area contributed by atoms with Crippen LogP contribution in [0.2, 0.25) is 0 Å². The highest BCUT2D eigenvalue weighted by molar-refractivity contribution is 6.15. The Morgan fingerprint density at radius 3 is 2.55 bits per heavy atom. The second kappa shape index (κ2) is 2.74. The van der Waals surface area contributed by atoms with Crippen LogP contribution in [0.1, 0.15) is 6.92 Å². The maximum Gasteiger partial charge on any atom is 0.0687 e. The number of hydrogen-bond acceptors (Lipinski definition) is 2. The Balaban J connectivity index is 3.13. The minimum absolute atomic E-state index is 0.705. The third-order valence-electron chi connectivity index (χ3n) is 1.74. The normalized spacial score (nSPS) is 21.6. The van der Waals surface area contributed by atoms with Gasteiger partial charge in [-0.1, -0.05) is 12.7 Å². The molecule has 0 fully saturated rings. The summed E-state index contributed by atoms with van der Waals surface area (Å²) in [6.45, 7) is 5.83. The molecule has 0 aromatic heterocycles. The average molecular weight is 148 g/mol. The van der Waals surface area contributed by atoms with Crippen LogP contribution in [0.3, 0.4) is 0 Å². The van der Waals surface area contributed by atoms with E-state index in [4.69, 9.17) is 5.73 Å². The van der Waals surface area contributed by atoms with Crippen LogP contribution in [0.25, 0.3) is 0 Å². The Hall–Kier alpha value is -1.31. The fraction of sp³-hybridized carbons (Fsp3) is 0.222. The molecule has 0 atom stereocenters. The molecule has 11 heavy (non-hydrogen) atoms. The molecule has 0 aromatic rings. The van der Waals surface area contributed by atoms with Crippen molar-refractivity contribution in [1.29, 1.82) is 0 Å². The number of hydrogen-bond donors (Lipinski definition) is 1. The number of aliphatic imine (C=N–C) groups is 1. The van der Waals surface area contributed by atoms with Crippen LogP contribution in [0, 0.1) is 0 Å². The van der Waals surface area contributed by atoms with E-state index in [1.165, 1.54) is 0 Å². The molecule has 0 unspecified atom stereocenters. The van der Waals surface area contributed by atoms with E-state index in [-0.39, 0.29) is 0 Å². The van der Waals surface area contributed by atoms with E-state index in [1.54, 1.807) is 7.05 Å². The molecule has 0 saturated carbocycles. The molecular weight excluding hydrogens is 136 g/mol. The monoisotopic (exact) mass is 148 g/mol. The smallest absolute Gasteiger partial charge is 0.0687 e. The molecule has 0 aromatic carbocycles. The van der Waals surface area contributed by atoms with Gasteiger partial charge in [-0.05, 0) is 18.6 Å². The molecular formula is C9H12N2. The third kappa shape index (κ3) is 1.24.